The summed E-state index contributed by atoms with van der Waals surface area (Å²) in [7, 11) is 0. The summed E-state index contributed by atoms with van der Waals surface area (Å²) in [5.74, 6) is 0.604. The molecule has 0 aromatic heterocycles. The maximum Gasteiger partial charge on any atom is 0.0900 e. The van der Waals surface area contributed by atoms with Crippen LogP contribution in [-0.2, 0) is 17.8 Å². The van der Waals surface area contributed by atoms with E-state index in [2.05, 4.69) is 65.6 Å². The van der Waals surface area contributed by atoms with Crippen molar-refractivity contribution >= 4 is 0 Å². The molecule has 2 aromatic rings. The predicted molar refractivity (Wildman–Crippen MR) is 110 cm³/mol. The number of rotatable bonds is 10. The fourth-order valence-electron chi connectivity index (χ4n) is 3.60. The van der Waals surface area contributed by atoms with Gasteiger partial charge < -0.3 is 9.84 Å². The summed E-state index contributed by atoms with van der Waals surface area (Å²) in [4.78, 5) is 2.29. The number of benzene rings is 2. The Morgan fingerprint density at radius 2 is 1.56 bits per heavy atom. The molecular formula is C24H31NO2. The van der Waals surface area contributed by atoms with E-state index < -0.39 is 6.10 Å². The summed E-state index contributed by atoms with van der Waals surface area (Å²) in [6.07, 6.45) is 7.46. The van der Waals surface area contributed by atoms with Crippen LogP contribution in [0.1, 0.15) is 30.4 Å². The molecular weight excluding hydrogens is 334 g/mol. The third kappa shape index (κ3) is 7.30. The van der Waals surface area contributed by atoms with Crippen LogP contribution in [-0.4, -0.2) is 35.9 Å². The highest BCUT2D eigenvalue weighted by Crippen LogP contribution is 2.18. The van der Waals surface area contributed by atoms with Crippen molar-refractivity contribution in [3.05, 3.63) is 83.9 Å². The van der Waals surface area contributed by atoms with Gasteiger partial charge in [-0.15, -0.1) is 0 Å². The van der Waals surface area contributed by atoms with E-state index in [-0.39, 0.29) is 0 Å². The van der Waals surface area contributed by atoms with Crippen LogP contribution >= 0.6 is 0 Å². The molecule has 3 rings (SSSR count). The van der Waals surface area contributed by atoms with Gasteiger partial charge in [-0.05, 0) is 36.3 Å². The first-order valence-electron chi connectivity index (χ1n) is 10.0. The molecule has 0 bridgehead atoms. The van der Waals surface area contributed by atoms with Gasteiger partial charge in [0.2, 0.25) is 0 Å². The van der Waals surface area contributed by atoms with Crippen molar-refractivity contribution in [2.45, 2.75) is 38.5 Å². The molecule has 1 aliphatic carbocycles. The van der Waals surface area contributed by atoms with Crippen molar-refractivity contribution in [3.63, 3.8) is 0 Å². The largest absolute Gasteiger partial charge is 0.389 e. The average molecular weight is 366 g/mol. The Balaban J connectivity index is 1.50. The predicted octanol–water partition coefficient (Wildman–Crippen LogP) is 4.42. The summed E-state index contributed by atoms with van der Waals surface area (Å²) in [5.41, 5.74) is 2.52. The Kier molecular flexibility index (Phi) is 8.09. The first-order valence-corrected chi connectivity index (χ1v) is 10.0. The van der Waals surface area contributed by atoms with Crippen LogP contribution in [0.5, 0.6) is 0 Å². The van der Waals surface area contributed by atoms with Gasteiger partial charge in [0.05, 0.1) is 12.7 Å². The zero-order chi connectivity index (χ0) is 18.7. The summed E-state index contributed by atoms with van der Waals surface area (Å²) in [6, 6.07) is 20.9. The molecule has 0 radical (unpaired) electrons. The van der Waals surface area contributed by atoms with E-state index in [1.54, 1.807) is 0 Å². The molecule has 144 valence electrons. The molecule has 1 aliphatic rings. The number of hydrogen-bond donors (Lipinski definition) is 1. The Morgan fingerprint density at radius 1 is 0.926 bits per heavy atom. The van der Waals surface area contributed by atoms with Gasteiger partial charge in [0, 0.05) is 26.2 Å². The van der Waals surface area contributed by atoms with Crippen LogP contribution in [0, 0.1) is 5.92 Å². The minimum absolute atomic E-state index is 0.403. The fourth-order valence-corrected chi connectivity index (χ4v) is 3.60. The molecule has 0 fully saturated rings. The van der Waals surface area contributed by atoms with Crippen molar-refractivity contribution < 1.29 is 9.84 Å². The van der Waals surface area contributed by atoms with E-state index in [0.29, 0.717) is 19.1 Å². The molecule has 0 saturated carbocycles. The van der Waals surface area contributed by atoms with Crippen molar-refractivity contribution in [3.8, 4) is 0 Å². The lowest BCUT2D eigenvalue weighted by Crippen LogP contribution is -2.34. The summed E-state index contributed by atoms with van der Waals surface area (Å²) < 4.78 is 5.83. The summed E-state index contributed by atoms with van der Waals surface area (Å²) in [5, 5.41) is 10.5. The molecule has 2 atom stereocenters. The Labute approximate surface area is 163 Å². The zero-order valence-electron chi connectivity index (χ0n) is 16.0. The van der Waals surface area contributed by atoms with E-state index in [9.17, 15) is 5.11 Å². The first-order chi connectivity index (χ1) is 13.3. The van der Waals surface area contributed by atoms with Crippen molar-refractivity contribution in [1.82, 2.24) is 4.90 Å². The molecule has 27 heavy (non-hydrogen) atoms. The number of hydrogen-bond acceptors (Lipinski definition) is 3. The lowest BCUT2D eigenvalue weighted by molar-refractivity contribution is 0.00114. The van der Waals surface area contributed by atoms with Gasteiger partial charge in [-0.25, -0.2) is 0 Å². The van der Waals surface area contributed by atoms with Gasteiger partial charge in [-0.1, -0.05) is 72.8 Å². The molecule has 1 N–H and O–H groups in total. The quantitative estimate of drug-likeness (QED) is 0.633. The van der Waals surface area contributed by atoms with Crippen LogP contribution in [0.2, 0.25) is 0 Å². The molecule has 0 amide bonds. The molecule has 0 heterocycles. The second-order valence-electron chi connectivity index (χ2n) is 7.48. The first kappa shape index (κ1) is 19.8. The average Bonchev–Trinajstić information content (AvgIpc) is 2.70. The number of ether oxygens (including phenoxy) is 1. The van der Waals surface area contributed by atoms with Crippen LogP contribution in [0.4, 0.5) is 0 Å². The smallest absolute Gasteiger partial charge is 0.0900 e. The zero-order valence-corrected chi connectivity index (χ0v) is 16.0. The van der Waals surface area contributed by atoms with Gasteiger partial charge in [0.15, 0.2) is 0 Å². The van der Waals surface area contributed by atoms with Crippen LogP contribution < -0.4 is 0 Å². The highest BCUT2D eigenvalue weighted by Gasteiger charge is 2.15. The maximum absolute atomic E-state index is 10.5. The van der Waals surface area contributed by atoms with Gasteiger partial charge >= 0.3 is 0 Å². The summed E-state index contributed by atoms with van der Waals surface area (Å²) >= 11 is 0. The van der Waals surface area contributed by atoms with Gasteiger partial charge in [0.1, 0.15) is 0 Å². The molecule has 0 spiro atoms. The van der Waals surface area contributed by atoms with E-state index in [1.807, 2.05) is 12.1 Å². The third-order valence-corrected chi connectivity index (χ3v) is 5.01. The van der Waals surface area contributed by atoms with Gasteiger partial charge in [-0.3, -0.25) is 4.90 Å². The minimum Gasteiger partial charge on any atom is -0.389 e. The molecule has 0 unspecified atom stereocenters. The van der Waals surface area contributed by atoms with Gasteiger partial charge in [0.25, 0.3) is 0 Å². The molecule has 0 saturated heterocycles. The molecule has 2 aromatic carbocycles. The van der Waals surface area contributed by atoms with E-state index in [0.717, 1.165) is 32.5 Å². The van der Waals surface area contributed by atoms with Crippen molar-refractivity contribution in [1.29, 1.82) is 0 Å². The Morgan fingerprint density at radius 3 is 2.11 bits per heavy atom. The Hall–Kier alpha value is -1.94. The van der Waals surface area contributed by atoms with E-state index in [4.69, 9.17) is 4.74 Å². The molecule has 0 aliphatic heterocycles. The second kappa shape index (κ2) is 11.0. The normalized spacial score (nSPS) is 17.9. The van der Waals surface area contributed by atoms with Crippen molar-refractivity contribution in [2.75, 3.05) is 19.8 Å². The number of allylic oxidation sites excluding steroid dienone is 2. The number of aliphatic hydroxyl groups is 1. The van der Waals surface area contributed by atoms with Gasteiger partial charge in [-0.2, -0.15) is 0 Å². The maximum atomic E-state index is 10.5. The minimum atomic E-state index is -0.475. The standard InChI is InChI=1S/C24H31NO2/c26-24(20-27-19-23-14-8-3-9-15-23)18-25(16-21-10-4-1-5-11-21)17-22-12-6-2-7-13-22/h1-8,10-13,23-24,26H,9,14-20H2/t23-,24-/m0/s1. The monoisotopic (exact) mass is 365 g/mol. The SMILES string of the molecule is O[C@H](COC[C@H]1CC=CCC1)CN(Cc1ccccc1)Cc1ccccc1. The van der Waals surface area contributed by atoms with E-state index in [1.165, 1.54) is 17.5 Å². The van der Waals surface area contributed by atoms with Crippen molar-refractivity contribution in [2.24, 2.45) is 5.92 Å². The number of nitrogens with zero attached hydrogens (tertiary/aromatic N) is 1. The summed E-state index contributed by atoms with van der Waals surface area (Å²) in [6.45, 7) is 3.40. The molecule has 3 nitrogen and oxygen atoms in total. The van der Waals surface area contributed by atoms with Crippen LogP contribution in [0.15, 0.2) is 72.8 Å². The molecule has 3 heteroatoms. The lowest BCUT2D eigenvalue weighted by Gasteiger charge is -2.26. The fraction of sp³-hybridized carbons (Fsp3) is 0.417. The van der Waals surface area contributed by atoms with E-state index >= 15 is 0 Å². The highest BCUT2D eigenvalue weighted by molar-refractivity contribution is 5.17. The second-order valence-corrected chi connectivity index (χ2v) is 7.48. The third-order valence-electron chi connectivity index (χ3n) is 5.01. The Bertz CT molecular complexity index is 630. The lowest BCUT2D eigenvalue weighted by atomic mass is 9.95. The highest BCUT2D eigenvalue weighted by atomic mass is 16.5. The number of aliphatic hydroxyl groups excluding tert-OH is 1. The topological polar surface area (TPSA) is 32.7 Å². The van der Waals surface area contributed by atoms with Crippen LogP contribution in [0.25, 0.3) is 0 Å². The van der Waals surface area contributed by atoms with Crippen LogP contribution in [0.3, 0.4) is 0 Å².